The Labute approximate surface area is 119 Å². The molecular formula is C16H22FN3. The van der Waals surface area contributed by atoms with Crippen LogP contribution in [0.2, 0.25) is 0 Å². The second kappa shape index (κ2) is 6.18. The van der Waals surface area contributed by atoms with Gasteiger partial charge in [-0.05, 0) is 24.1 Å². The van der Waals surface area contributed by atoms with E-state index in [9.17, 15) is 4.39 Å². The first kappa shape index (κ1) is 14.7. The van der Waals surface area contributed by atoms with E-state index in [-0.39, 0.29) is 5.82 Å². The van der Waals surface area contributed by atoms with Gasteiger partial charge in [-0.2, -0.15) is 5.10 Å². The van der Waals surface area contributed by atoms with E-state index in [1.54, 1.807) is 6.07 Å². The number of nitrogens with zero attached hydrogens (tertiary/aromatic N) is 2. The quantitative estimate of drug-likeness (QED) is 0.907. The molecule has 1 aromatic carbocycles. The lowest BCUT2D eigenvalue weighted by Crippen LogP contribution is -2.22. The summed E-state index contributed by atoms with van der Waals surface area (Å²) in [5, 5.41) is 7.69. The smallest absolute Gasteiger partial charge is 0.127 e. The molecule has 0 unspecified atom stereocenters. The first-order valence-corrected chi connectivity index (χ1v) is 7.06. The lowest BCUT2D eigenvalue weighted by Gasteiger charge is -2.10. The Bertz CT molecular complexity index is 587. The van der Waals surface area contributed by atoms with E-state index in [1.807, 2.05) is 30.1 Å². The second-order valence-corrected chi connectivity index (χ2v) is 5.36. The Morgan fingerprint density at radius 1 is 1.35 bits per heavy atom. The molecule has 0 saturated carbocycles. The summed E-state index contributed by atoms with van der Waals surface area (Å²) in [5.74, 6) is -0.163. The molecule has 20 heavy (non-hydrogen) atoms. The summed E-state index contributed by atoms with van der Waals surface area (Å²) >= 11 is 0. The predicted octanol–water partition coefficient (Wildman–Crippen LogP) is 3.29. The van der Waals surface area contributed by atoms with Gasteiger partial charge in [-0.25, -0.2) is 4.39 Å². The fourth-order valence-corrected chi connectivity index (χ4v) is 2.23. The van der Waals surface area contributed by atoms with E-state index < -0.39 is 0 Å². The van der Waals surface area contributed by atoms with E-state index in [1.165, 1.54) is 0 Å². The van der Waals surface area contributed by atoms with E-state index in [2.05, 4.69) is 31.2 Å². The molecule has 2 aromatic rings. The molecule has 0 aliphatic carbocycles. The summed E-state index contributed by atoms with van der Waals surface area (Å²) < 4.78 is 15.7. The average molecular weight is 275 g/mol. The maximum atomic E-state index is 13.9. The van der Waals surface area contributed by atoms with Crippen LogP contribution in [0.1, 0.15) is 32.0 Å². The van der Waals surface area contributed by atoms with Crippen LogP contribution in [0.4, 0.5) is 4.39 Å². The van der Waals surface area contributed by atoms with Gasteiger partial charge in [0.25, 0.3) is 0 Å². The van der Waals surface area contributed by atoms with Crippen molar-refractivity contribution in [3.8, 4) is 11.1 Å². The normalized spacial score (nSPS) is 11.3. The SMILES string of the molecule is CCc1nn(C)cc1-c1ccc(F)c(CNC(C)C)c1. The van der Waals surface area contributed by atoms with Crippen molar-refractivity contribution in [2.45, 2.75) is 39.8 Å². The van der Waals surface area contributed by atoms with Gasteiger partial charge in [0.1, 0.15) is 5.82 Å². The van der Waals surface area contributed by atoms with Gasteiger partial charge in [0, 0.05) is 37.0 Å². The van der Waals surface area contributed by atoms with Crippen LogP contribution in [-0.4, -0.2) is 15.8 Å². The molecule has 1 N–H and O–H groups in total. The van der Waals surface area contributed by atoms with Gasteiger partial charge in [0.15, 0.2) is 0 Å². The molecule has 0 saturated heterocycles. The van der Waals surface area contributed by atoms with Crippen LogP contribution < -0.4 is 5.32 Å². The molecule has 0 radical (unpaired) electrons. The highest BCUT2D eigenvalue weighted by molar-refractivity contribution is 5.66. The fourth-order valence-electron chi connectivity index (χ4n) is 2.23. The molecule has 3 nitrogen and oxygen atoms in total. The summed E-state index contributed by atoms with van der Waals surface area (Å²) in [6, 6.07) is 5.62. The molecule has 0 aliphatic heterocycles. The number of aryl methyl sites for hydroxylation is 2. The summed E-state index contributed by atoms with van der Waals surface area (Å²) in [6.45, 7) is 6.73. The largest absolute Gasteiger partial charge is 0.310 e. The van der Waals surface area contributed by atoms with Crippen molar-refractivity contribution >= 4 is 0 Å². The first-order valence-electron chi connectivity index (χ1n) is 7.06. The molecule has 0 bridgehead atoms. The monoisotopic (exact) mass is 275 g/mol. The summed E-state index contributed by atoms with van der Waals surface area (Å²) in [5.41, 5.74) is 3.85. The van der Waals surface area contributed by atoms with E-state index in [4.69, 9.17) is 0 Å². The Morgan fingerprint density at radius 2 is 2.10 bits per heavy atom. The third-order valence-electron chi connectivity index (χ3n) is 3.30. The van der Waals surface area contributed by atoms with Crippen molar-refractivity contribution < 1.29 is 4.39 Å². The van der Waals surface area contributed by atoms with Crippen LogP contribution in [-0.2, 0) is 20.0 Å². The van der Waals surface area contributed by atoms with E-state index in [0.717, 1.165) is 23.2 Å². The van der Waals surface area contributed by atoms with Crippen LogP contribution >= 0.6 is 0 Å². The fraction of sp³-hybridized carbons (Fsp3) is 0.438. The van der Waals surface area contributed by atoms with Gasteiger partial charge in [-0.3, -0.25) is 4.68 Å². The van der Waals surface area contributed by atoms with Crippen molar-refractivity contribution in [1.29, 1.82) is 0 Å². The van der Waals surface area contributed by atoms with Crippen LogP contribution in [0.25, 0.3) is 11.1 Å². The highest BCUT2D eigenvalue weighted by atomic mass is 19.1. The average Bonchev–Trinajstić information content (AvgIpc) is 2.79. The number of halogens is 1. The number of hydrogen-bond donors (Lipinski definition) is 1. The lowest BCUT2D eigenvalue weighted by molar-refractivity contribution is 0.553. The summed E-state index contributed by atoms with van der Waals surface area (Å²) in [7, 11) is 1.91. The minimum atomic E-state index is -0.163. The second-order valence-electron chi connectivity index (χ2n) is 5.36. The standard InChI is InChI=1S/C16H22FN3/c1-5-16-14(10-20(4)19-16)12-6-7-15(17)13(8-12)9-18-11(2)3/h6-8,10-11,18H,5,9H2,1-4H3. The number of aromatic nitrogens is 2. The zero-order valence-electron chi connectivity index (χ0n) is 12.6. The molecule has 0 fully saturated rings. The molecule has 0 atom stereocenters. The van der Waals surface area contributed by atoms with E-state index >= 15 is 0 Å². The van der Waals surface area contributed by atoms with Crippen LogP contribution in [0.15, 0.2) is 24.4 Å². The first-order chi connectivity index (χ1) is 9.51. The Morgan fingerprint density at radius 3 is 2.75 bits per heavy atom. The van der Waals surface area contributed by atoms with Gasteiger partial charge >= 0.3 is 0 Å². The number of hydrogen-bond acceptors (Lipinski definition) is 2. The number of rotatable bonds is 5. The van der Waals surface area contributed by atoms with Crippen molar-refractivity contribution in [2.24, 2.45) is 7.05 Å². The van der Waals surface area contributed by atoms with Crippen molar-refractivity contribution in [3.63, 3.8) is 0 Å². The van der Waals surface area contributed by atoms with Gasteiger partial charge in [0.2, 0.25) is 0 Å². The summed E-state index contributed by atoms with van der Waals surface area (Å²) in [6.07, 6.45) is 2.86. The van der Waals surface area contributed by atoms with E-state index in [0.29, 0.717) is 18.2 Å². The van der Waals surface area contributed by atoms with Crippen LogP contribution in [0.3, 0.4) is 0 Å². The Kier molecular flexibility index (Phi) is 4.55. The molecular weight excluding hydrogens is 253 g/mol. The zero-order valence-corrected chi connectivity index (χ0v) is 12.6. The maximum absolute atomic E-state index is 13.9. The summed E-state index contributed by atoms with van der Waals surface area (Å²) in [4.78, 5) is 0. The van der Waals surface area contributed by atoms with Crippen LogP contribution in [0, 0.1) is 5.82 Å². The molecule has 0 amide bonds. The topological polar surface area (TPSA) is 29.9 Å². The van der Waals surface area contributed by atoms with Crippen molar-refractivity contribution in [3.05, 3.63) is 41.5 Å². The maximum Gasteiger partial charge on any atom is 0.127 e. The molecule has 1 heterocycles. The molecule has 4 heteroatoms. The Hall–Kier alpha value is -1.68. The zero-order chi connectivity index (χ0) is 14.7. The van der Waals surface area contributed by atoms with Crippen molar-refractivity contribution in [2.75, 3.05) is 0 Å². The van der Waals surface area contributed by atoms with Gasteiger partial charge in [-0.1, -0.05) is 26.8 Å². The van der Waals surface area contributed by atoms with Gasteiger partial charge in [-0.15, -0.1) is 0 Å². The number of benzene rings is 1. The lowest BCUT2D eigenvalue weighted by atomic mass is 10.0. The molecule has 2 rings (SSSR count). The van der Waals surface area contributed by atoms with Gasteiger partial charge < -0.3 is 5.32 Å². The third kappa shape index (κ3) is 3.25. The molecule has 0 aliphatic rings. The highest BCUT2D eigenvalue weighted by Gasteiger charge is 2.11. The predicted molar refractivity (Wildman–Crippen MR) is 80.0 cm³/mol. The third-order valence-corrected chi connectivity index (χ3v) is 3.30. The minimum absolute atomic E-state index is 0.163. The van der Waals surface area contributed by atoms with Crippen LogP contribution in [0.5, 0.6) is 0 Å². The Balaban J connectivity index is 2.35. The molecule has 1 aromatic heterocycles. The van der Waals surface area contributed by atoms with Gasteiger partial charge in [0.05, 0.1) is 5.69 Å². The molecule has 108 valence electrons. The van der Waals surface area contributed by atoms with Crippen molar-refractivity contribution in [1.82, 2.24) is 15.1 Å². The molecule has 0 spiro atoms. The highest BCUT2D eigenvalue weighted by Crippen LogP contribution is 2.25. The minimum Gasteiger partial charge on any atom is -0.310 e. The number of nitrogens with one attached hydrogen (secondary N) is 1.